The van der Waals surface area contributed by atoms with Gasteiger partial charge in [-0.05, 0) is 32.1 Å². The molecule has 3 N–H and O–H groups in total. The fourth-order valence-electron chi connectivity index (χ4n) is 3.88. The van der Waals surface area contributed by atoms with E-state index in [1.54, 1.807) is 6.08 Å². The van der Waals surface area contributed by atoms with Gasteiger partial charge in [-0.15, -0.1) is 0 Å². The van der Waals surface area contributed by atoms with E-state index in [0.29, 0.717) is 17.4 Å². The van der Waals surface area contributed by atoms with E-state index in [1.807, 2.05) is 27.2 Å². The number of rotatable bonds is 26. The molecule has 3 unspecified atom stereocenters. The molecule has 3 atom stereocenters. The van der Waals surface area contributed by atoms with Crippen molar-refractivity contribution in [2.75, 3.05) is 40.9 Å². The molecule has 0 saturated heterocycles. The maximum Gasteiger partial charge on any atom is 0.472 e. The number of hydrogen-bond acceptors (Lipinski definition) is 5. The highest BCUT2D eigenvalue weighted by atomic mass is 31.2. The number of phosphoric ester groups is 1. The van der Waals surface area contributed by atoms with E-state index in [4.69, 9.17) is 9.05 Å². The summed E-state index contributed by atoms with van der Waals surface area (Å²) < 4.78 is 23.1. The second-order valence-electron chi connectivity index (χ2n) is 11.5. The molecule has 0 bridgehead atoms. The first-order valence-electron chi connectivity index (χ1n) is 15.2. The molecule has 0 spiro atoms. The molecule has 230 valence electrons. The van der Waals surface area contributed by atoms with Crippen LogP contribution in [0.5, 0.6) is 0 Å². The van der Waals surface area contributed by atoms with E-state index < -0.39 is 20.0 Å². The van der Waals surface area contributed by atoms with Crippen LogP contribution in [0.25, 0.3) is 0 Å². The Hall–Kier alpha value is -1.02. The number of hydrogen-bond donors (Lipinski definition) is 3. The zero-order valence-corrected chi connectivity index (χ0v) is 26.5. The normalized spacial score (nSPS) is 15.6. The fraction of sp³-hybridized carbons (Fsp3) is 0.833. The number of allylic oxidation sites excluding steroid dienone is 3. The summed E-state index contributed by atoms with van der Waals surface area (Å²) in [6, 6.07) is -0.852. The zero-order valence-electron chi connectivity index (χ0n) is 25.6. The van der Waals surface area contributed by atoms with Gasteiger partial charge in [0.25, 0.3) is 0 Å². The van der Waals surface area contributed by atoms with Crippen LogP contribution in [-0.4, -0.2) is 73.4 Å². The molecule has 0 aromatic carbocycles. The summed E-state index contributed by atoms with van der Waals surface area (Å²) in [5.74, 6) is -0.209. The van der Waals surface area contributed by atoms with Gasteiger partial charge in [-0.2, -0.15) is 0 Å². The van der Waals surface area contributed by atoms with Crippen molar-refractivity contribution in [3.63, 3.8) is 0 Å². The molecule has 1 amide bonds. The third-order valence-corrected chi connectivity index (χ3v) is 7.41. The van der Waals surface area contributed by atoms with Gasteiger partial charge in [0, 0.05) is 6.42 Å². The number of phosphoric acid groups is 1. The minimum atomic E-state index is -4.31. The Labute approximate surface area is 239 Å². The van der Waals surface area contributed by atoms with Crippen molar-refractivity contribution in [1.82, 2.24) is 5.32 Å². The van der Waals surface area contributed by atoms with Crippen LogP contribution in [-0.2, 0) is 18.4 Å². The number of unbranched alkanes of at least 4 members (excludes halogenated alkanes) is 11. The van der Waals surface area contributed by atoms with Gasteiger partial charge in [-0.25, -0.2) is 4.57 Å². The highest BCUT2D eigenvalue weighted by Crippen LogP contribution is 2.43. The van der Waals surface area contributed by atoms with Crippen molar-refractivity contribution in [1.29, 1.82) is 0 Å². The molecular weight excluding hydrogens is 515 g/mol. The maximum atomic E-state index is 12.4. The Morgan fingerprint density at radius 3 is 2.05 bits per heavy atom. The van der Waals surface area contributed by atoms with Crippen molar-refractivity contribution in [3.05, 3.63) is 24.3 Å². The van der Waals surface area contributed by atoms with E-state index in [9.17, 15) is 19.4 Å². The molecule has 0 aliphatic carbocycles. The van der Waals surface area contributed by atoms with Crippen LogP contribution < -0.4 is 5.32 Å². The van der Waals surface area contributed by atoms with Crippen LogP contribution in [0.1, 0.15) is 110 Å². The quantitative estimate of drug-likeness (QED) is 0.0460. The standard InChI is InChI=1S/C30H59N2O6P/c1-6-8-10-12-13-14-15-16-17-18-19-20-21-23-29(33)28(31-30(34)24-22-11-9-7-2)27-38-39(35,36)37-26-25-32(3,4)5/h17-18,21,23,28-29,33H,6-16,19-20,22,24-27H2,1-5H3,(H-,31,34,35,36)/p+1/b18-17+,23-21+. The lowest BCUT2D eigenvalue weighted by atomic mass is 10.1. The Morgan fingerprint density at radius 2 is 1.41 bits per heavy atom. The lowest BCUT2D eigenvalue weighted by molar-refractivity contribution is -0.870. The number of aliphatic hydroxyl groups is 1. The van der Waals surface area contributed by atoms with Gasteiger partial charge in [-0.3, -0.25) is 13.8 Å². The number of carbonyl (C=O) groups excluding carboxylic acids is 1. The summed E-state index contributed by atoms with van der Waals surface area (Å²) in [5.41, 5.74) is 0. The first-order chi connectivity index (χ1) is 18.5. The van der Waals surface area contributed by atoms with Crippen molar-refractivity contribution >= 4 is 13.7 Å². The molecule has 0 heterocycles. The summed E-state index contributed by atoms with van der Waals surface area (Å²) in [6.45, 7) is 4.61. The summed E-state index contributed by atoms with van der Waals surface area (Å²) in [4.78, 5) is 22.5. The van der Waals surface area contributed by atoms with E-state index in [2.05, 4.69) is 31.3 Å². The van der Waals surface area contributed by atoms with Gasteiger partial charge in [-0.1, -0.05) is 95.9 Å². The minimum Gasteiger partial charge on any atom is -0.387 e. The van der Waals surface area contributed by atoms with Crippen molar-refractivity contribution in [2.24, 2.45) is 0 Å². The lowest BCUT2D eigenvalue weighted by Gasteiger charge is -2.25. The number of carbonyl (C=O) groups is 1. The van der Waals surface area contributed by atoms with Gasteiger partial charge in [0.05, 0.1) is 39.9 Å². The molecule has 39 heavy (non-hydrogen) atoms. The molecule has 0 aromatic rings. The largest absolute Gasteiger partial charge is 0.472 e. The Morgan fingerprint density at radius 1 is 0.846 bits per heavy atom. The summed E-state index contributed by atoms with van der Waals surface area (Å²) in [5, 5.41) is 13.5. The highest BCUT2D eigenvalue weighted by Gasteiger charge is 2.27. The molecule has 8 nitrogen and oxygen atoms in total. The van der Waals surface area contributed by atoms with Crippen LogP contribution in [0.15, 0.2) is 24.3 Å². The molecule has 9 heteroatoms. The molecule has 0 aliphatic rings. The molecule has 0 aliphatic heterocycles. The Bertz CT molecular complexity index is 708. The van der Waals surface area contributed by atoms with Gasteiger partial charge in [0.15, 0.2) is 0 Å². The number of nitrogens with zero attached hydrogens (tertiary/aromatic N) is 1. The molecule has 0 rings (SSSR count). The third kappa shape index (κ3) is 25.7. The van der Waals surface area contributed by atoms with Gasteiger partial charge >= 0.3 is 7.82 Å². The Balaban J connectivity index is 4.63. The van der Waals surface area contributed by atoms with Gasteiger partial charge in [0.2, 0.25) is 5.91 Å². The molecule has 0 fully saturated rings. The first-order valence-corrected chi connectivity index (χ1v) is 16.7. The SMILES string of the molecule is CCCCCCCCC/C=C/CC/C=C/C(O)C(COP(=O)(O)OCC[N+](C)(C)C)NC(=O)CCCCCC. The monoisotopic (exact) mass is 575 g/mol. The Kier molecular flexibility index (Phi) is 23.0. The lowest BCUT2D eigenvalue weighted by Crippen LogP contribution is -2.45. The van der Waals surface area contributed by atoms with E-state index in [-0.39, 0.29) is 19.1 Å². The second-order valence-corrected chi connectivity index (χ2v) is 12.9. The first kappa shape index (κ1) is 38.0. The highest BCUT2D eigenvalue weighted by molar-refractivity contribution is 7.47. The summed E-state index contributed by atoms with van der Waals surface area (Å²) >= 11 is 0. The predicted octanol–water partition coefficient (Wildman–Crippen LogP) is 6.68. The van der Waals surface area contributed by atoms with Crippen LogP contribution in [0.4, 0.5) is 0 Å². The number of likely N-dealkylation sites (N-methyl/N-ethyl adjacent to an activating group) is 1. The molecular formula is C30H60N2O6P+. The van der Waals surface area contributed by atoms with Crippen molar-refractivity contribution in [2.45, 2.75) is 122 Å². The average molecular weight is 576 g/mol. The minimum absolute atomic E-state index is 0.0562. The van der Waals surface area contributed by atoms with Crippen LogP contribution in [0.2, 0.25) is 0 Å². The van der Waals surface area contributed by atoms with Crippen LogP contribution >= 0.6 is 7.82 Å². The smallest absolute Gasteiger partial charge is 0.387 e. The molecule has 0 aromatic heterocycles. The molecule has 0 saturated carbocycles. The number of amides is 1. The zero-order chi connectivity index (χ0) is 29.4. The van der Waals surface area contributed by atoms with E-state index in [1.165, 1.54) is 44.9 Å². The van der Waals surface area contributed by atoms with E-state index >= 15 is 0 Å². The summed E-state index contributed by atoms with van der Waals surface area (Å²) in [7, 11) is 1.54. The number of aliphatic hydroxyl groups excluding tert-OH is 1. The third-order valence-electron chi connectivity index (χ3n) is 6.42. The average Bonchev–Trinajstić information content (AvgIpc) is 2.86. The predicted molar refractivity (Wildman–Crippen MR) is 161 cm³/mol. The van der Waals surface area contributed by atoms with Gasteiger partial charge < -0.3 is 19.8 Å². The van der Waals surface area contributed by atoms with Crippen molar-refractivity contribution < 1.29 is 32.9 Å². The van der Waals surface area contributed by atoms with Crippen molar-refractivity contribution in [3.8, 4) is 0 Å². The topological polar surface area (TPSA) is 105 Å². The van der Waals surface area contributed by atoms with Gasteiger partial charge in [0.1, 0.15) is 13.2 Å². The second kappa shape index (κ2) is 23.7. The maximum absolute atomic E-state index is 12.4. The number of quaternary nitrogens is 1. The molecule has 0 radical (unpaired) electrons. The number of nitrogens with one attached hydrogen (secondary N) is 1. The van der Waals surface area contributed by atoms with Crippen LogP contribution in [0, 0.1) is 0 Å². The fourth-order valence-corrected chi connectivity index (χ4v) is 4.61. The van der Waals surface area contributed by atoms with Crippen LogP contribution in [0.3, 0.4) is 0 Å². The summed E-state index contributed by atoms with van der Waals surface area (Å²) in [6.07, 6.45) is 22.9. The van der Waals surface area contributed by atoms with E-state index in [0.717, 1.165) is 44.9 Å².